The Morgan fingerprint density at radius 2 is 2.17 bits per heavy atom. The molecule has 0 saturated carbocycles. The molecule has 0 aliphatic carbocycles. The van der Waals surface area contributed by atoms with Crippen LogP contribution in [0.5, 0.6) is 0 Å². The molecule has 23 heavy (non-hydrogen) atoms. The van der Waals surface area contributed by atoms with Crippen LogP contribution in [0, 0.1) is 12.8 Å². The Bertz CT molecular complexity index is 736. The lowest BCUT2D eigenvalue weighted by molar-refractivity contribution is 0.0750. The summed E-state index contributed by atoms with van der Waals surface area (Å²) in [7, 11) is 0. The predicted molar refractivity (Wildman–Crippen MR) is 92.6 cm³/mol. The molecule has 2 aromatic heterocycles. The van der Waals surface area contributed by atoms with Crippen LogP contribution in [0.2, 0.25) is 0 Å². The maximum absolute atomic E-state index is 12.9. The SMILES string of the molecule is CCc1c(C(=O)N2Cc3cnc(CC(C)C)nc3C2)csc1C. The first-order chi connectivity index (χ1) is 11.0. The van der Waals surface area contributed by atoms with Crippen molar-refractivity contribution in [2.75, 3.05) is 0 Å². The van der Waals surface area contributed by atoms with E-state index in [0.717, 1.165) is 35.5 Å². The summed E-state index contributed by atoms with van der Waals surface area (Å²) in [6.07, 6.45) is 3.67. The Morgan fingerprint density at radius 3 is 2.87 bits per heavy atom. The van der Waals surface area contributed by atoms with Gasteiger partial charge in [-0.1, -0.05) is 20.8 Å². The van der Waals surface area contributed by atoms with E-state index in [4.69, 9.17) is 0 Å². The maximum atomic E-state index is 12.9. The number of aryl methyl sites for hydroxylation is 1. The summed E-state index contributed by atoms with van der Waals surface area (Å²) in [5.74, 6) is 1.54. The molecule has 0 unspecified atom stereocenters. The normalized spacial score (nSPS) is 13.7. The number of nitrogens with zero attached hydrogens (tertiary/aromatic N) is 3. The quantitative estimate of drug-likeness (QED) is 0.858. The first kappa shape index (κ1) is 16.1. The summed E-state index contributed by atoms with van der Waals surface area (Å²) in [6.45, 7) is 9.74. The molecular formula is C18H23N3OS. The van der Waals surface area contributed by atoms with Gasteiger partial charge in [0.25, 0.3) is 5.91 Å². The fraction of sp³-hybridized carbons (Fsp3) is 0.500. The molecule has 0 aromatic carbocycles. The zero-order chi connectivity index (χ0) is 16.6. The van der Waals surface area contributed by atoms with Crippen molar-refractivity contribution in [2.45, 2.75) is 53.6 Å². The average Bonchev–Trinajstić information content (AvgIpc) is 3.08. The molecule has 2 aromatic rings. The predicted octanol–water partition coefficient (Wildman–Crippen LogP) is 3.76. The third kappa shape index (κ3) is 3.15. The molecule has 0 N–H and O–H groups in total. The molecule has 3 heterocycles. The lowest BCUT2D eigenvalue weighted by Crippen LogP contribution is -2.25. The molecule has 1 amide bonds. The van der Waals surface area contributed by atoms with Gasteiger partial charge in [0, 0.05) is 35.0 Å². The smallest absolute Gasteiger partial charge is 0.255 e. The van der Waals surface area contributed by atoms with Gasteiger partial charge in [-0.05, 0) is 24.8 Å². The van der Waals surface area contributed by atoms with Crippen molar-refractivity contribution < 1.29 is 4.79 Å². The van der Waals surface area contributed by atoms with E-state index in [1.54, 1.807) is 11.3 Å². The minimum Gasteiger partial charge on any atom is -0.328 e. The van der Waals surface area contributed by atoms with E-state index < -0.39 is 0 Å². The summed E-state index contributed by atoms with van der Waals surface area (Å²) in [4.78, 5) is 25.1. The van der Waals surface area contributed by atoms with Crippen LogP contribution in [-0.2, 0) is 25.9 Å². The highest BCUT2D eigenvalue weighted by Gasteiger charge is 2.28. The van der Waals surface area contributed by atoms with E-state index in [0.29, 0.717) is 19.0 Å². The van der Waals surface area contributed by atoms with Crippen molar-refractivity contribution in [3.05, 3.63) is 44.7 Å². The summed E-state index contributed by atoms with van der Waals surface area (Å²) < 4.78 is 0. The van der Waals surface area contributed by atoms with Crippen LogP contribution < -0.4 is 0 Å². The topological polar surface area (TPSA) is 46.1 Å². The van der Waals surface area contributed by atoms with Gasteiger partial charge in [0.15, 0.2) is 0 Å². The van der Waals surface area contributed by atoms with E-state index in [1.165, 1.54) is 10.4 Å². The summed E-state index contributed by atoms with van der Waals surface area (Å²) in [6, 6.07) is 0. The van der Waals surface area contributed by atoms with Gasteiger partial charge in [-0.25, -0.2) is 9.97 Å². The monoisotopic (exact) mass is 329 g/mol. The van der Waals surface area contributed by atoms with Crippen LogP contribution in [0.1, 0.15) is 58.7 Å². The van der Waals surface area contributed by atoms with Crippen molar-refractivity contribution in [3.63, 3.8) is 0 Å². The highest BCUT2D eigenvalue weighted by Crippen LogP contribution is 2.28. The summed E-state index contributed by atoms with van der Waals surface area (Å²) >= 11 is 1.66. The minimum atomic E-state index is 0.120. The Hall–Kier alpha value is -1.75. The van der Waals surface area contributed by atoms with Gasteiger partial charge in [0.2, 0.25) is 0 Å². The van der Waals surface area contributed by atoms with Gasteiger partial charge in [0.05, 0.1) is 17.8 Å². The van der Waals surface area contributed by atoms with Gasteiger partial charge in [-0.2, -0.15) is 0 Å². The van der Waals surface area contributed by atoms with Crippen molar-refractivity contribution >= 4 is 17.2 Å². The number of hydrogen-bond donors (Lipinski definition) is 0. The van der Waals surface area contributed by atoms with Crippen LogP contribution in [-0.4, -0.2) is 20.8 Å². The Labute approximate surface area is 141 Å². The van der Waals surface area contributed by atoms with Crippen LogP contribution >= 0.6 is 11.3 Å². The highest BCUT2D eigenvalue weighted by molar-refractivity contribution is 7.10. The zero-order valence-corrected chi connectivity index (χ0v) is 15.0. The second-order valence-electron chi connectivity index (χ2n) is 6.56. The molecule has 0 bridgehead atoms. The standard InChI is InChI=1S/C18H23N3OS/c1-5-14-12(4)23-10-15(14)18(22)21-8-13-7-19-17(6-11(2)3)20-16(13)9-21/h7,10-11H,5-6,8-9H2,1-4H3. The first-order valence-electron chi connectivity index (χ1n) is 8.19. The number of fused-ring (bicyclic) bond motifs is 1. The van der Waals surface area contributed by atoms with Gasteiger partial charge in [-0.3, -0.25) is 4.79 Å². The molecule has 3 rings (SSSR count). The molecule has 1 aliphatic rings. The Balaban J connectivity index is 1.80. The number of hydrogen-bond acceptors (Lipinski definition) is 4. The highest BCUT2D eigenvalue weighted by atomic mass is 32.1. The van der Waals surface area contributed by atoms with Crippen molar-refractivity contribution in [1.82, 2.24) is 14.9 Å². The molecule has 0 fully saturated rings. The molecule has 122 valence electrons. The van der Waals surface area contributed by atoms with Crippen molar-refractivity contribution in [1.29, 1.82) is 0 Å². The van der Waals surface area contributed by atoms with E-state index in [1.807, 2.05) is 16.5 Å². The fourth-order valence-electron chi connectivity index (χ4n) is 3.07. The van der Waals surface area contributed by atoms with E-state index in [2.05, 4.69) is 37.7 Å². The van der Waals surface area contributed by atoms with Gasteiger partial charge in [-0.15, -0.1) is 11.3 Å². The number of amides is 1. The summed E-state index contributed by atoms with van der Waals surface area (Å²) in [5.41, 5.74) is 4.13. The van der Waals surface area contributed by atoms with Crippen LogP contribution in [0.15, 0.2) is 11.6 Å². The minimum absolute atomic E-state index is 0.120. The Kier molecular flexibility index (Phi) is 4.48. The second kappa shape index (κ2) is 6.40. The molecule has 5 heteroatoms. The lowest BCUT2D eigenvalue weighted by atomic mass is 10.1. The van der Waals surface area contributed by atoms with Gasteiger partial charge >= 0.3 is 0 Å². The number of thiophene rings is 1. The molecular weight excluding hydrogens is 306 g/mol. The van der Waals surface area contributed by atoms with Crippen molar-refractivity contribution in [2.24, 2.45) is 5.92 Å². The largest absolute Gasteiger partial charge is 0.328 e. The van der Waals surface area contributed by atoms with E-state index in [9.17, 15) is 4.79 Å². The van der Waals surface area contributed by atoms with Crippen molar-refractivity contribution in [3.8, 4) is 0 Å². The third-order valence-corrected chi connectivity index (χ3v) is 5.23. The molecule has 0 radical (unpaired) electrons. The molecule has 4 nitrogen and oxygen atoms in total. The van der Waals surface area contributed by atoms with E-state index in [-0.39, 0.29) is 5.91 Å². The third-order valence-electron chi connectivity index (χ3n) is 4.27. The fourth-order valence-corrected chi connectivity index (χ4v) is 4.00. The zero-order valence-electron chi connectivity index (χ0n) is 14.2. The van der Waals surface area contributed by atoms with E-state index >= 15 is 0 Å². The van der Waals surface area contributed by atoms with Crippen LogP contribution in [0.25, 0.3) is 0 Å². The Morgan fingerprint density at radius 1 is 1.39 bits per heavy atom. The molecule has 0 spiro atoms. The maximum Gasteiger partial charge on any atom is 0.255 e. The average molecular weight is 329 g/mol. The van der Waals surface area contributed by atoms with Gasteiger partial charge in [0.1, 0.15) is 5.82 Å². The number of carbonyl (C=O) groups excluding carboxylic acids is 1. The molecule has 1 aliphatic heterocycles. The first-order valence-corrected chi connectivity index (χ1v) is 9.07. The summed E-state index contributed by atoms with van der Waals surface area (Å²) in [5, 5.41) is 2.00. The molecule has 0 atom stereocenters. The number of aromatic nitrogens is 2. The van der Waals surface area contributed by atoms with Crippen LogP contribution in [0.4, 0.5) is 0 Å². The lowest BCUT2D eigenvalue weighted by Gasteiger charge is -2.15. The van der Waals surface area contributed by atoms with Crippen LogP contribution in [0.3, 0.4) is 0 Å². The van der Waals surface area contributed by atoms with Gasteiger partial charge < -0.3 is 4.90 Å². The number of rotatable bonds is 4. The number of carbonyl (C=O) groups is 1. The molecule has 0 saturated heterocycles. The second-order valence-corrected chi connectivity index (χ2v) is 7.64.